The van der Waals surface area contributed by atoms with E-state index in [4.69, 9.17) is 0 Å². The third-order valence-corrected chi connectivity index (χ3v) is 8.28. The molecule has 4 aromatic rings. The molecular weight excluding hydrogens is 695 g/mol. The number of aliphatic carboxylic acids is 2. The number of nitrogens with zero attached hydrogens (tertiary/aromatic N) is 1. The van der Waals surface area contributed by atoms with Crippen LogP contribution in [-0.4, -0.2) is 65.7 Å². The fraction of sp³-hybridized carbons (Fsp3) is 0.182. The van der Waals surface area contributed by atoms with Crippen LogP contribution in [0, 0.1) is 18.6 Å². The summed E-state index contributed by atoms with van der Waals surface area (Å²) >= 11 is 0.730. The summed E-state index contributed by atoms with van der Waals surface area (Å²) in [6.07, 6.45) is -6.54. The number of amides is 2. The lowest BCUT2D eigenvalue weighted by molar-refractivity contribution is -0.160. The minimum absolute atomic E-state index is 0.135. The molecule has 1 aromatic heterocycles. The summed E-state index contributed by atoms with van der Waals surface area (Å²) in [5.41, 5.74) is -4.70. The van der Waals surface area contributed by atoms with Crippen molar-refractivity contribution in [2.45, 2.75) is 18.5 Å². The van der Waals surface area contributed by atoms with E-state index in [9.17, 15) is 47.4 Å². The monoisotopic (exact) mass is 720 g/mol. The first-order valence-corrected chi connectivity index (χ1v) is 14.9. The molecule has 0 bridgehead atoms. The van der Waals surface area contributed by atoms with Crippen LogP contribution in [0.25, 0.3) is 11.1 Å². The highest BCUT2D eigenvalue weighted by Crippen LogP contribution is 2.36. The summed E-state index contributed by atoms with van der Waals surface area (Å²) in [5.74, 6) is -10.9. The number of halogens is 5. The zero-order valence-electron chi connectivity index (χ0n) is 26.1. The Morgan fingerprint density at radius 2 is 1.56 bits per heavy atom. The maximum Gasteiger partial charge on any atom is 0.514 e. The van der Waals surface area contributed by atoms with Crippen molar-refractivity contribution in [1.29, 1.82) is 0 Å². The Balaban J connectivity index is 1.68. The van der Waals surface area contributed by atoms with E-state index >= 15 is 8.78 Å². The van der Waals surface area contributed by atoms with Crippen LogP contribution in [0.4, 0.5) is 32.4 Å². The number of carboxylic acids is 2. The lowest BCUT2D eigenvalue weighted by Crippen LogP contribution is -2.47. The molecule has 0 aliphatic heterocycles. The van der Waals surface area contributed by atoms with Crippen LogP contribution < -0.4 is 10.1 Å². The van der Waals surface area contributed by atoms with Crippen molar-refractivity contribution in [1.82, 2.24) is 4.90 Å². The molecule has 262 valence electrons. The Morgan fingerprint density at radius 1 is 0.920 bits per heavy atom. The summed E-state index contributed by atoms with van der Waals surface area (Å²) in [6, 6.07) is 11.2. The molecule has 0 unspecified atom stereocenters. The predicted octanol–water partition coefficient (Wildman–Crippen LogP) is 6.60. The van der Waals surface area contributed by atoms with Crippen molar-refractivity contribution >= 4 is 46.9 Å². The minimum Gasteiger partial charge on any atom is -0.480 e. The largest absolute Gasteiger partial charge is 0.514 e. The number of hydrogen-bond acceptors (Lipinski definition) is 8. The SMILES string of the molecule is Cc1ccc(-c2ccc(C(F)(F)F)cc2)c(C(=O)Nc2cc(F)c(OC(=O)OCC(C(=O)O)(C(=O)O)c3cccs3)c(F)c2C(=O)N(C)C)c1. The quantitative estimate of drug-likeness (QED) is 0.0711. The smallest absolute Gasteiger partial charge is 0.480 e. The Morgan fingerprint density at radius 3 is 2.10 bits per heavy atom. The van der Waals surface area contributed by atoms with Crippen molar-refractivity contribution < 1.29 is 65.6 Å². The molecule has 2 amide bonds. The number of benzene rings is 3. The van der Waals surface area contributed by atoms with Gasteiger partial charge in [-0.1, -0.05) is 35.9 Å². The molecule has 50 heavy (non-hydrogen) atoms. The molecular formula is C33H25F5N2O9S. The Hall–Kier alpha value is -5.84. The average Bonchev–Trinajstić information content (AvgIpc) is 3.58. The molecule has 17 heteroatoms. The molecule has 4 rings (SSSR count). The van der Waals surface area contributed by atoms with E-state index < -0.39 is 82.3 Å². The number of hydrogen-bond donors (Lipinski definition) is 3. The highest BCUT2D eigenvalue weighted by molar-refractivity contribution is 7.10. The van der Waals surface area contributed by atoms with E-state index in [1.165, 1.54) is 37.7 Å². The van der Waals surface area contributed by atoms with Gasteiger partial charge in [0.15, 0.2) is 11.6 Å². The summed E-state index contributed by atoms with van der Waals surface area (Å²) < 4.78 is 79.9. The Labute approximate surface area is 283 Å². The fourth-order valence-electron chi connectivity index (χ4n) is 4.65. The minimum atomic E-state index is -4.62. The second kappa shape index (κ2) is 14.3. The van der Waals surface area contributed by atoms with Crippen molar-refractivity contribution in [2.75, 3.05) is 26.0 Å². The molecule has 0 aliphatic carbocycles. The van der Waals surface area contributed by atoms with E-state index in [0.717, 1.165) is 46.6 Å². The Bertz CT molecular complexity index is 1960. The topological polar surface area (TPSA) is 160 Å². The van der Waals surface area contributed by atoms with Gasteiger partial charge < -0.3 is 29.9 Å². The van der Waals surface area contributed by atoms with Gasteiger partial charge in [0, 0.05) is 30.6 Å². The molecule has 0 atom stereocenters. The summed E-state index contributed by atoms with van der Waals surface area (Å²) in [5, 5.41) is 23.0. The van der Waals surface area contributed by atoms with E-state index in [1.54, 1.807) is 13.0 Å². The van der Waals surface area contributed by atoms with E-state index in [2.05, 4.69) is 14.8 Å². The number of carboxylic acid groups (broad SMARTS) is 2. The van der Waals surface area contributed by atoms with E-state index in [1.807, 2.05) is 0 Å². The number of carbonyl (C=O) groups excluding carboxylic acids is 3. The molecule has 0 saturated carbocycles. The van der Waals surface area contributed by atoms with Gasteiger partial charge in [-0.2, -0.15) is 13.2 Å². The van der Waals surface area contributed by atoms with Crippen LogP contribution in [0.1, 0.15) is 36.7 Å². The average molecular weight is 721 g/mol. The third kappa shape index (κ3) is 7.41. The lowest BCUT2D eigenvalue weighted by Gasteiger charge is -2.23. The van der Waals surface area contributed by atoms with Gasteiger partial charge in [-0.25, -0.2) is 13.6 Å². The van der Waals surface area contributed by atoms with Gasteiger partial charge in [-0.15, -0.1) is 11.3 Å². The van der Waals surface area contributed by atoms with Gasteiger partial charge in [-0.3, -0.25) is 19.2 Å². The highest BCUT2D eigenvalue weighted by atomic mass is 32.1. The number of anilines is 1. The lowest BCUT2D eigenvalue weighted by atomic mass is 9.87. The second-order valence-electron chi connectivity index (χ2n) is 10.8. The number of alkyl halides is 3. The van der Waals surface area contributed by atoms with E-state index in [-0.39, 0.29) is 21.6 Å². The molecule has 0 fully saturated rings. The van der Waals surface area contributed by atoms with Gasteiger partial charge in [0.1, 0.15) is 12.2 Å². The van der Waals surface area contributed by atoms with Crippen molar-refractivity contribution in [3.63, 3.8) is 0 Å². The van der Waals surface area contributed by atoms with Gasteiger partial charge in [0.05, 0.1) is 11.3 Å². The Kier molecular flexibility index (Phi) is 10.6. The predicted molar refractivity (Wildman–Crippen MR) is 167 cm³/mol. The van der Waals surface area contributed by atoms with Crippen LogP contribution in [0.3, 0.4) is 0 Å². The molecule has 11 nitrogen and oxygen atoms in total. The first-order valence-electron chi connectivity index (χ1n) is 14.1. The molecule has 3 aromatic carbocycles. The van der Waals surface area contributed by atoms with Crippen molar-refractivity contribution in [2.24, 2.45) is 0 Å². The van der Waals surface area contributed by atoms with Gasteiger partial charge in [-0.05, 0) is 47.7 Å². The molecule has 0 saturated heterocycles. The second-order valence-corrected chi connectivity index (χ2v) is 11.8. The van der Waals surface area contributed by atoms with Gasteiger partial charge in [0.2, 0.25) is 11.2 Å². The highest BCUT2D eigenvalue weighted by Gasteiger charge is 2.51. The molecule has 0 radical (unpaired) electrons. The standard InChI is InChI=1S/C33H25F5N2O9S/c1-16-6-11-19(17-7-9-18(10-8-17)33(36,37)38)20(13-16)27(41)39-22-14-21(34)26(25(35)24(22)28(42)40(2)3)49-31(47)48-15-32(29(43)44,30(45)46)23-5-4-12-50-23/h4-14H,15H2,1-3H3,(H,39,41)(H,43,44)(H,45,46). The summed E-state index contributed by atoms with van der Waals surface area (Å²) in [7, 11) is 2.38. The number of rotatable bonds is 10. The number of thiophene rings is 1. The van der Waals surface area contributed by atoms with Crippen LogP contribution >= 0.6 is 11.3 Å². The van der Waals surface area contributed by atoms with Gasteiger partial charge >= 0.3 is 24.3 Å². The van der Waals surface area contributed by atoms with Crippen LogP contribution in [0.15, 0.2) is 66.0 Å². The van der Waals surface area contributed by atoms with E-state index in [0.29, 0.717) is 11.6 Å². The van der Waals surface area contributed by atoms with Crippen molar-refractivity contribution in [3.05, 3.63) is 105 Å². The molecule has 3 N–H and O–H groups in total. The fourth-order valence-corrected chi connectivity index (χ4v) is 5.55. The van der Waals surface area contributed by atoms with Crippen LogP contribution in [0.5, 0.6) is 5.75 Å². The first kappa shape index (κ1) is 37.0. The zero-order valence-corrected chi connectivity index (χ0v) is 26.9. The van der Waals surface area contributed by atoms with Gasteiger partial charge in [0.25, 0.3) is 11.8 Å². The number of carbonyl (C=O) groups is 5. The number of aryl methyl sites for hydroxylation is 1. The molecule has 1 heterocycles. The summed E-state index contributed by atoms with van der Waals surface area (Å²) in [4.78, 5) is 63.7. The number of nitrogens with one attached hydrogen (secondary N) is 1. The molecule has 0 spiro atoms. The maximum absolute atomic E-state index is 15.9. The van der Waals surface area contributed by atoms with Crippen molar-refractivity contribution in [3.8, 4) is 16.9 Å². The normalized spacial score (nSPS) is 11.4. The maximum atomic E-state index is 15.9. The third-order valence-electron chi connectivity index (χ3n) is 7.25. The zero-order chi connectivity index (χ0) is 37.1. The first-order chi connectivity index (χ1) is 23.4. The number of ether oxygens (including phenoxy) is 2. The van der Waals surface area contributed by atoms with Crippen LogP contribution in [0.2, 0.25) is 0 Å². The van der Waals surface area contributed by atoms with Crippen LogP contribution in [-0.2, 0) is 25.9 Å². The summed E-state index contributed by atoms with van der Waals surface area (Å²) in [6.45, 7) is 0.256. The molecule has 0 aliphatic rings.